The van der Waals surface area contributed by atoms with E-state index in [9.17, 15) is 13.2 Å². The summed E-state index contributed by atoms with van der Waals surface area (Å²) in [5, 5.41) is 3.06. The number of hydrogen-bond donors (Lipinski definition) is 1. The van der Waals surface area contributed by atoms with E-state index in [1.54, 1.807) is 31.0 Å². The molecule has 4 nitrogen and oxygen atoms in total. The van der Waals surface area contributed by atoms with Crippen LogP contribution in [0.4, 0.5) is 13.2 Å². The number of halogens is 3. The minimum atomic E-state index is -4.35. The lowest BCUT2D eigenvalue weighted by molar-refractivity contribution is -0.153. The first-order valence-electron chi connectivity index (χ1n) is 6.40. The Morgan fingerprint density at radius 3 is 2.52 bits per heavy atom. The van der Waals surface area contributed by atoms with E-state index < -0.39 is 12.8 Å². The number of aryl methyl sites for hydroxylation is 1. The molecule has 0 aliphatic heterocycles. The molecule has 0 saturated carbocycles. The Balaban J connectivity index is 2.82. The van der Waals surface area contributed by atoms with Crippen molar-refractivity contribution in [2.75, 3.05) is 27.7 Å². The van der Waals surface area contributed by atoms with Crippen molar-refractivity contribution >= 4 is 5.96 Å². The molecule has 1 rings (SSSR count). The molecule has 0 aliphatic carbocycles. The van der Waals surface area contributed by atoms with Crippen LogP contribution in [0.1, 0.15) is 11.1 Å². The highest BCUT2D eigenvalue weighted by Crippen LogP contribution is 2.23. The molecule has 7 heteroatoms. The fourth-order valence-electron chi connectivity index (χ4n) is 1.71. The van der Waals surface area contributed by atoms with E-state index in [1.165, 1.54) is 0 Å². The molecule has 0 aromatic heterocycles. The molecule has 0 unspecified atom stereocenters. The van der Waals surface area contributed by atoms with Gasteiger partial charge in [0.05, 0.1) is 0 Å². The molecule has 0 amide bonds. The molecule has 21 heavy (non-hydrogen) atoms. The van der Waals surface area contributed by atoms with Gasteiger partial charge >= 0.3 is 6.18 Å². The molecule has 0 aliphatic rings. The fourth-order valence-corrected chi connectivity index (χ4v) is 1.71. The van der Waals surface area contributed by atoms with Gasteiger partial charge in [-0.1, -0.05) is 12.1 Å². The van der Waals surface area contributed by atoms with Crippen molar-refractivity contribution in [2.45, 2.75) is 19.6 Å². The highest BCUT2D eigenvalue weighted by Gasteiger charge is 2.28. The Labute approximate surface area is 122 Å². The summed E-state index contributed by atoms with van der Waals surface area (Å²) >= 11 is 0. The van der Waals surface area contributed by atoms with Crippen LogP contribution in [0.5, 0.6) is 5.75 Å². The van der Waals surface area contributed by atoms with Gasteiger partial charge in [-0.3, -0.25) is 4.99 Å². The first-order valence-corrected chi connectivity index (χ1v) is 6.40. The van der Waals surface area contributed by atoms with Gasteiger partial charge in [0.25, 0.3) is 0 Å². The van der Waals surface area contributed by atoms with Gasteiger partial charge in [0.1, 0.15) is 5.75 Å². The summed E-state index contributed by atoms with van der Waals surface area (Å²) in [6.07, 6.45) is -4.35. The van der Waals surface area contributed by atoms with E-state index in [4.69, 9.17) is 4.74 Å². The zero-order valence-corrected chi connectivity index (χ0v) is 12.6. The number of aliphatic imine (C=N–C) groups is 1. The van der Waals surface area contributed by atoms with E-state index in [1.807, 2.05) is 20.2 Å². The van der Waals surface area contributed by atoms with Crippen LogP contribution in [0, 0.1) is 6.92 Å². The lowest BCUT2D eigenvalue weighted by Crippen LogP contribution is -2.35. The van der Waals surface area contributed by atoms with Gasteiger partial charge < -0.3 is 15.0 Å². The standard InChI is InChI=1S/C14H20F3N3O/c1-10-5-6-11(8-19-13(18-2)20(3)4)12(7-10)21-9-14(15,16)17/h5-7H,8-9H2,1-4H3,(H,18,19). The first kappa shape index (κ1) is 17.1. The summed E-state index contributed by atoms with van der Waals surface area (Å²) in [7, 11) is 5.29. The Bertz CT molecular complexity index is 499. The fraction of sp³-hybridized carbons (Fsp3) is 0.500. The average molecular weight is 303 g/mol. The minimum Gasteiger partial charge on any atom is -0.484 e. The van der Waals surface area contributed by atoms with Crippen LogP contribution in [0.25, 0.3) is 0 Å². The van der Waals surface area contributed by atoms with Crippen LogP contribution in [0.3, 0.4) is 0 Å². The molecule has 1 N–H and O–H groups in total. The zero-order valence-electron chi connectivity index (χ0n) is 12.6. The van der Waals surface area contributed by atoms with Crippen molar-refractivity contribution in [1.29, 1.82) is 0 Å². The number of rotatable bonds is 4. The summed E-state index contributed by atoms with van der Waals surface area (Å²) in [6, 6.07) is 5.17. The number of nitrogens with zero attached hydrogens (tertiary/aromatic N) is 2. The van der Waals surface area contributed by atoms with E-state index >= 15 is 0 Å². The number of alkyl halides is 3. The third-order valence-electron chi connectivity index (χ3n) is 2.69. The van der Waals surface area contributed by atoms with Crippen LogP contribution >= 0.6 is 0 Å². The SMILES string of the molecule is CN=C(NCc1ccc(C)cc1OCC(F)(F)F)N(C)C. The normalized spacial score (nSPS) is 12.2. The molecule has 0 saturated heterocycles. The Hall–Kier alpha value is -1.92. The molecule has 0 atom stereocenters. The summed E-state index contributed by atoms with van der Waals surface area (Å²) in [5.74, 6) is 0.867. The Morgan fingerprint density at radius 2 is 2.00 bits per heavy atom. The smallest absolute Gasteiger partial charge is 0.422 e. The quantitative estimate of drug-likeness (QED) is 0.686. The number of nitrogens with one attached hydrogen (secondary N) is 1. The van der Waals surface area contributed by atoms with E-state index in [-0.39, 0.29) is 5.75 Å². The molecular formula is C14H20F3N3O. The molecule has 1 aromatic carbocycles. The zero-order chi connectivity index (χ0) is 16.0. The van der Waals surface area contributed by atoms with Crippen LogP contribution in [0.2, 0.25) is 0 Å². The van der Waals surface area contributed by atoms with Crippen LogP contribution in [0.15, 0.2) is 23.2 Å². The van der Waals surface area contributed by atoms with Crippen molar-refractivity contribution in [3.05, 3.63) is 29.3 Å². The molecule has 118 valence electrons. The van der Waals surface area contributed by atoms with Crippen LogP contribution < -0.4 is 10.1 Å². The highest BCUT2D eigenvalue weighted by atomic mass is 19.4. The second-order valence-electron chi connectivity index (χ2n) is 4.81. The number of ether oxygens (including phenoxy) is 1. The molecule has 0 heterocycles. The monoisotopic (exact) mass is 303 g/mol. The summed E-state index contributed by atoms with van der Waals surface area (Å²) in [4.78, 5) is 5.83. The maximum atomic E-state index is 12.3. The van der Waals surface area contributed by atoms with Gasteiger partial charge in [0.15, 0.2) is 12.6 Å². The lowest BCUT2D eigenvalue weighted by atomic mass is 10.1. The third-order valence-corrected chi connectivity index (χ3v) is 2.69. The topological polar surface area (TPSA) is 36.9 Å². The summed E-state index contributed by atoms with van der Waals surface area (Å²) in [5.41, 5.74) is 1.49. The first-order chi connectivity index (χ1) is 9.73. The van der Waals surface area contributed by atoms with E-state index in [0.29, 0.717) is 18.1 Å². The third kappa shape index (κ3) is 5.93. The minimum absolute atomic E-state index is 0.231. The van der Waals surface area contributed by atoms with Gasteiger partial charge in [-0.15, -0.1) is 0 Å². The van der Waals surface area contributed by atoms with E-state index in [0.717, 1.165) is 5.56 Å². The highest BCUT2D eigenvalue weighted by molar-refractivity contribution is 5.79. The van der Waals surface area contributed by atoms with Crippen LogP contribution in [-0.2, 0) is 6.54 Å². The van der Waals surface area contributed by atoms with Crippen molar-refractivity contribution in [2.24, 2.45) is 4.99 Å². The van der Waals surface area contributed by atoms with Crippen molar-refractivity contribution in [3.8, 4) is 5.75 Å². The number of guanidine groups is 1. The second kappa shape index (κ2) is 7.19. The average Bonchev–Trinajstić information content (AvgIpc) is 2.37. The molecule has 0 spiro atoms. The van der Waals surface area contributed by atoms with Crippen molar-refractivity contribution in [1.82, 2.24) is 10.2 Å². The number of benzene rings is 1. The second-order valence-corrected chi connectivity index (χ2v) is 4.81. The maximum absolute atomic E-state index is 12.3. The molecule has 0 radical (unpaired) electrons. The molecule has 0 bridgehead atoms. The maximum Gasteiger partial charge on any atom is 0.422 e. The van der Waals surface area contributed by atoms with Crippen molar-refractivity contribution in [3.63, 3.8) is 0 Å². The van der Waals surface area contributed by atoms with Gasteiger partial charge in [0, 0.05) is 33.3 Å². The predicted octanol–water partition coefficient (Wildman–Crippen LogP) is 2.57. The molecule has 1 aromatic rings. The Morgan fingerprint density at radius 1 is 1.33 bits per heavy atom. The van der Waals surface area contributed by atoms with Gasteiger partial charge in [0.2, 0.25) is 0 Å². The van der Waals surface area contributed by atoms with Crippen molar-refractivity contribution < 1.29 is 17.9 Å². The summed E-state index contributed by atoms with van der Waals surface area (Å²) in [6.45, 7) is 0.834. The van der Waals surface area contributed by atoms with Crippen LogP contribution in [-0.4, -0.2) is 44.8 Å². The lowest BCUT2D eigenvalue weighted by Gasteiger charge is -2.19. The summed E-state index contributed by atoms with van der Waals surface area (Å²) < 4.78 is 41.7. The van der Waals surface area contributed by atoms with Gasteiger partial charge in [-0.25, -0.2) is 0 Å². The number of hydrogen-bond acceptors (Lipinski definition) is 2. The van der Waals surface area contributed by atoms with Gasteiger partial charge in [-0.05, 0) is 18.6 Å². The predicted molar refractivity (Wildman–Crippen MR) is 76.6 cm³/mol. The van der Waals surface area contributed by atoms with E-state index in [2.05, 4.69) is 10.3 Å². The van der Waals surface area contributed by atoms with Gasteiger partial charge in [-0.2, -0.15) is 13.2 Å². The molecule has 0 fully saturated rings. The molecular weight excluding hydrogens is 283 g/mol. The largest absolute Gasteiger partial charge is 0.484 e. The Kier molecular flexibility index (Phi) is 5.87.